The zero-order valence-electron chi connectivity index (χ0n) is 18.9. The van der Waals surface area contributed by atoms with E-state index in [2.05, 4.69) is 21.0 Å². The van der Waals surface area contributed by atoms with Gasteiger partial charge in [-0.05, 0) is 50.8 Å². The number of benzene rings is 1. The first kappa shape index (κ1) is 21.7. The lowest BCUT2D eigenvalue weighted by Gasteiger charge is -2.24. The van der Waals surface area contributed by atoms with Crippen molar-refractivity contribution in [2.75, 3.05) is 19.3 Å². The number of aliphatic imine (C=N–C) groups is 1. The van der Waals surface area contributed by atoms with E-state index in [0.717, 1.165) is 58.3 Å². The van der Waals surface area contributed by atoms with Crippen LogP contribution in [-0.2, 0) is 11.2 Å². The van der Waals surface area contributed by atoms with Gasteiger partial charge in [0, 0.05) is 49.1 Å². The molecule has 0 radical (unpaired) electrons. The average molecular weight is 433 g/mol. The van der Waals surface area contributed by atoms with Gasteiger partial charge in [0.15, 0.2) is 0 Å². The summed E-state index contributed by atoms with van der Waals surface area (Å²) in [7, 11) is 1.75. The van der Waals surface area contributed by atoms with Crippen LogP contribution >= 0.6 is 0 Å². The Labute approximate surface area is 187 Å². The third kappa shape index (κ3) is 4.69. The summed E-state index contributed by atoms with van der Waals surface area (Å²) in [5.41, 5.74) is 11.4. The van der Waals surface area contributed by atoms with Gasteiger partial charge >= 0.3 is 6.09 Å². The average Bonchev–Trinajstić information content (AvgIpc) is 3.18. The van der Waals surface area contributed by atoms with Crippen molar-refractivity contribution in [1.82, 2.24) is 19.9 Å². The van der Waals surface area contributed by atoms with Gasteiger partial charge in [0.2, 0.25) is 0 Å². The summed E-state index contributed by atoms with van der Waals surface area (Å²) >= 11 is 0. The number of nitrogens with two attached hydrogens (primary N) is 1. The molecule has 1 aromatic carbocycles. The molecule has 32 heavy (non-hydrogen) atoms. The molecule has 4 rings (SSSR count). The summed E-state index contributed by atoms with van der Waals surface area (Å²) < 4.78 is 5.40. The minimum absolute atomic E-state index is 0.312. The maximum Gasteiger partial charge on any atom is 0.410 e. The maximum absolute atomic E-state index is 12.1. The molecule has 1 aliphatic rings. The number of hydrogen-bond donors (Lipinski definition) is 1. The first-order valence-electron chi connectivity index (χ1n) is 10.7. The number of pyridine rings is 1. The van der Waals surface area contributed by atoms with Crippen molar-refractivity contribution < 1.29 is 9.53 Å². The topological polar surface area (TPSA) is 107 Å². The van der Waals surface area contributed by atoms with E-state index in [9.17, 15) is 4.79 Å². The number of rotatable bonds is 5. The normalized spacial score (nSPS) is 13.1. The molecule has 1 amide bonds. The van der Waals surface area contributed by atoms with Crippen LogP contribution in [0.3, 0.4) is 0 Å². The Morgan fingerprint density at radius 1 is 1.19 bits per heavy atom. The zero-order chi connectivity index (χ0) is 22.9. The Hall–Kier alpha value is -3.55. The monoisotopic (exact) mass is 432 g/mol. The fourth-order valence-electron chi connectivity index (χ4n) is 3.77. The van der Waals surface area contributed by atoms with Crippen LogP contribution in [0.2, 0.25) is 0 Å². The fraction of sp³-hybridized carbons (Fsp3) is 0.375. The number of anilines is 1. The summed E-state index contributed by atoms with van der Waals surface area (Å²) in [4.78, 5) is 31.3. The summed E-state index contributed by atoms with van der Waals surface area (Å²) in [5.74, 6) is 0.440. The first-order valence-corrected chi connectivity index (χ1v) is 10.7. The minimum Gasteiger partial charge on any atom is -0.444 e. The maximum atomic E-state index is 12.1. The first-order chi connectivity index (χ1) is 15.2. The fourth-order valence-corrected chi connectivity index (χ4v) is 3.77. The van der Waals surface area contributed by atoms with Crippen molar-refractivity contribution in [1.29, 1.82) is 0 Å². The van der Waals surface area contributed by atoms with Crippen LogP contribution in [0, 0.1) is 0 Å². The van der Waals surface area contributed by atoms with Gasteiger partial charge in [-0.15, -0.1) is 0 Å². The van der Waals surface area contributed by atoms with Crippen LogP contribution in [-0.4, -0.2) is 50.9 Å². The van der Waals surface area contributed by atoms with Gasteiger partial charge in [0.25, 0.3) is 0 Å². The van der Waals surface area contributed by atoms with Gasteiger partial charge in [-0.2, -0.15) is 0 Å². The molecule has 166 valence electrons. The predicted molar refractivity (Wildman–Crippen MR) is 126 cm³/mol. The number of carbonyl (C=O) groups is 1. The second-order valence-electron chi connectivity index (χ2n) is 9.04. The summed E-state index contributed by atoms with van der Waals surface area (Å²) in [5, 5.41) is 1.06. The van der Waals surface area contributed by atoms with E-state index in [1.54, 1.807) is 24.3 Å². The smallest absolute Gasteiger partial charge is 0.410 e. The molecule has 0 atom stereocenters. The SMILES string of the molecule is CN(CCCC1=Nc2c(N)nc3cc(-c4cncnc4)ccc3c2C1)C(=O)OC(C)(C)C. The number of fused-ring (bicyclic) bond motifs is 3. The number of aromatic nitrogens is 3. The quantitative estimate of drug-likeness (QED) is 0.634. The van der Waals surface area contributed by atoms with Crippen molar-refractivity contribution in [3.8, 4) is 11.1 Å². The number of nitrogens with zero attached hydrogens (tertiary/aromatic N) is 5. The number of nitrogen functional groups attached to an aromatic ring is 1. The highest BCUT2D eigenvalue weighted by Gasteiger charge is 2.23. The van der Waals surface area contributed by atoms with Crippen molar-refractivity contribution in [2.45, 2.75) is 45.6 Å². The van der Waals surface area contributed by atoms with E-state index in [1.165, 1.54) is 6.33 Å². The third-order valence-corrected chi connectivity index (χ3v) is 5.30. The van der Waals surface area contributed by atoms with Gasteiger partial charge in [-0.25, -0.2) is 19.7 Å². The molecule has 8 nitrogen and oxygen atoms in total. The lowest BCUT2D eigenvalue weighted by Crippen LogP contribution is -2.34. The molecule has 0 spiro atoms. The van der Waals surface area contributed by atoms with E-state index in [1.807, 2.05) is 32.9 Å². The molecule has 1 aliphatic heterocycles. The molecule has 3 heterocycles. The highest BCUT2D eigenvalue weighted by atomic mass is 16.6. The third-order valence-electron chi connectivity index (χ3n) is 5.30. The molecule has 0 saturated carbocycles. The largest absolute Gasteiger partial charge is 0.444 e. The summed E-state index contributed by atoms with van der Waals surface area (Å²) in [6, 6.07) is 6.13. The Balaban J connectivity index is 1.45. The Morgan fingerprint density at radius 2 is 1.94 bits per heavy atom. The molecule has 2 aromatic heterocycles. The van der Waals surface area contributed by atoms with Crippen molar-refractivity contribution >= 4 is 34.2 Å². The number of ether oxygens (including phenoxy) is 1. The molecule has 0 saturated heterocycles. The van der Waals surface area contributed by atoms with E-state index in [4.69, 9.17) is 15.5 Å². The Kier molecular flexibility index (Phi) is 5.78. The lowest BCUT2D eigenvalue weighted by atomic mass is 9.99. The molecule has 0 bridgehead atoms. The molecule has 2 N–H and O–H groups in total. The van der Waals surface area contributed by atoms with Crippen LogP contribution in [0.5, 0.6) is 0 Å². The highest BCUT2D eigenvalue weighted by Crippen LogP contribution is 2.38. The molecule has 0 unspecified atom stereocenters. The number of hydrogen-bond acceptors (Lipinski definition) is 7. The van der Waals surface area contributed by atoms with Gasteiger partial charge in [-0.3, -0.25) is 4.99 Å². The Morgan fingerprint density at radius 3 is 2.66 bits per heavy atom. The van der Waals surface area contributed by atoms with Crippen LogP contribution in [0.25, 0.3) is 22.0 Å². The standard InChI is InChI=1S/C24H28N6O2/c1-24(2,3)32-23(31)30(4)9-5-6-17-11-19-18-8-7-15(16-12-26-14-27-13-16)10-20(18)29-22(25)21(19)28-17/h7-8,10,12-14H,5-6,9,11H2,1-4H3,(H2,25,29). The second-order valence-corrected chi connectivity index (χ2v) is 9.04. The van der Waals surface area contributed by atoms with Crippen LogP contribution in [0.1, 0.15) is 39.2 Å². The molecular formula is C24H28N6O2. The number of carbonyl (C=O) groups excluding carboxylic acids is 1. The molecule has 3 aromatic rings. The molecular weight excluding hydrogens is 404 g/mol. The number of amides is 1. The summed E-state index contributed by atoms with van der Waals surface area (Å²) in [6.07, 6.45) is 7.07. The minimum atomic E-state index is -0.499. The summed E-state index contributed by atoms with van der Waals surface area (Å²) in [6.45, 7) is 6.19. The van der Waals surface area contributed by atoms with Gasteiger partial charge < -0.3 is 15.4 Å². The Bertz CT molecular complexity index is 1180. The molecule has 0 fully saturated rings. The van der Waals surface area contributed by atoms with Gasteiger partial charge in [-0.1, -0.05) is 12.1 Å². The predicted octanol–water partition coefficient (Wildman–Crippen LogP) is 4.55. The van der Waals surface area contributed by atoms with E-state index < -0.39 is 5.60 Å². The van der Waals surface area contributed by atoms with E-state index in [-0.39, 0.29) is 6.09 Å². The van der Waals surface area contributed by atoms with E-state index in [0.29, 0.717) is 12.4 Å². The van der Waals surface area contributed by atoms with Crippen LogP contribution in [0.4, 0.5) is 16.3 Å². The van der Waals surface area contributed by atoms with E-state index >= 15 is 0 Å². The molecule has 0 aliphatic carbocycles. The second kappa shape index (κ2) is 8.53. The van der Waals surface area contributed by atoms with Crippen LogP contribution < -0.4 is 5.73 Å². The lowest BCUT2D eigenvalue weighted by molar-refractivity contribution is 0.0298. The van der Waals surface area contributed by atoms with Crippen molar-refractivity contribution in [2.24, 2.45) is 4.99 Å². The van der Waals surface area contributed by atoms with Crippen molar-refractivity contribution in [3.05, 3.63) is 42.5 Å². The van der Waals surface area contributed by atoms with Gasteiger partial charge in [0.05, 0.1) is 5.52 Å². The van der Waals surface area contributed by atoms with Crippen molar-refractivity contribution in [3.63, 3.8) is 0 Å². The molecule has 8 heteroatoms. The highest BCUT2D eigenvalue weighted by molar-refractivity contribution is 6.03. The van der Waals surface area contributed by atoms with Crippen LogP contribution in [0.15, 0.2) is 41.9 Å². The van der Waals surface area contributed by atoms with Gasteiger partial charge in [0.1, 0.15) is 23.4 Å². The zero-order valence-corrected chi connectivity index (χ0v) is 18.9.